The van der Waals surface area contributed by atoms with Crippen LogP contribution in [0.2, 0.25) is 0 Å². The molecular formula is C10H13N3O3S. The summed E-state index contributed by atoms with van der Waals surface area (Å²) in [5.41, 5.74) is 5.72. The molecule has 0 bridgehead atoms. The molecule has 17 heavy (non-hydrogen) atoms. The Hall–Kier alpha value is -1.47. The molecule has 2 heterocycles. The molecule has 0 radical (unpaired) electrons. The van der Waals surface area contributed by atoms with Crippen molar-refractivity contribution >= 4 is 23.2 Å². The van der Waals surface area contributed by atoms with Crippen molar-refractivity contribution < 1.29 is 14.7 Å². The fourth-order valence-electron chi connectivity index (χ4n) is 1.92. The van der Waals surface area contributed by atoms with Crippen LogP contribution in [0, 0.1) is 0 Å². The van der Waals surface area contributed by atoms with E-state index >= 15 is 0 Å². The van der Waals surface area contributed by atoms with Crippen LogP contribution in [0.3, 0.4) is 0 Å². The topological polar surface area (TPSA) is 96.5 Å². The number of nitrogens with zero attached hydrogens (tertiary/aromatic N) is 2. The molecule has 2 rings (SSSR count). The monoisotopic (exact) mass is 255 g/mol. The number of likely N-dealkylation sites (tertiary alicyclic amines) is 1. The van der Waals surface area contributed by atoms with E-state index in [0.29, 0.717) is 30.2 Å². The van der Waals surface area contributed by atoms with Gasteiger partial charge in [-0.05, 0) is 12.8 Å². The number of carbonyl (C=O) groups excluding carboxylic acids is 1. The van der Waals surface area contributed by atoms with Crippen molar-refractivity contribution in [2.75, 3.05) is 6.54 Å². The maximum atomic E-state index is 12.1. The standard InChI is InChI=1S/C10H13N3O3S/c11-4-8-12-6(5-17-8)9(14)13-3-1-2-7(13)10(15)16/h5,7H,1-4,11H2,(H,15,16)/t7-/m1/s1. The van der Waals surface area contributed by atoms with Gasteiger partial charge in [0.25, 0.3) is 5.91 Å². The number of carboxylic acids is 1. The highest BCUT2D eigenvalue weighted by molar-refractivity contribution is 7.09. The molecular weight excluding hydrogens is 242 g/mol. The molecule has 6 nitrogen and oxygen atoms in total. The van der Waals surface area contributed by atoms with E-state index in [-0.39, 0.29) is 5.91 Å². The van der Waals surface area contributed by atoms with Gasteiger partial charge in [-0.1, -0.05) is 0 Å². The Morgan fingerprint density at radius 2 is 2.41 bits per heavy atom. The maximum Gasteiger partial charge on any atom is 0.326 e. The van der Waals surface area contributed by atoms with Gasteiger partial charge in [0.1, 0.15) is 16.7 Å². The quantitative estimate of drug-likeness (QED) is 0.809. The lowest BCUT2D eigenvalue weighted by atomic mass is 10.2. The third-order valence-corrected chi connectivity index (χ3v) is 3.62. The first-order valence-electron chi connectivity index (χ1n) is 5.31. The van der Waals surface area contributed by atoms with Crippen LogP contribution < -0.4 is 5.73 Å². The molecule has 0 aliphatic carbocycles. The van der Waals surface area contributed by atoms with E-state index < -0.39 is 12.0 Å². The highest BCUT2D eigenvalue weighted by atomic mass is 32.1. The van der Waals surface area contributed by atoms with Crippen molar-refractivity contribution in [2.45, 2.75) is 25.4 Å². The maximum absolute atomic E-state index is 12.1. The third-order valence-electron chi connectivity index (χ3n) is 2.74. The average molecular weight is 255 g/mol. The van der Waals surface area contributed by atoms with E-state index in [1.807, 2.05) is 0 Å². The fourth-order valence-corrected chi connectivity index (χ4v) is 2.56. The Labute approximate surface area is 102 Å². The van der Waals surface area contributed by atoms with Crippen molar-refractivity contribution in [3.63, 3.8) is 0 Å². The van der Waals surface area contributed by atoms with Crippen LogP contribution in [0.1, 0.15) is 28.3 Å². The van der Waals surface area contributed by atoms with Gasteiger partial charge in [-0.25, -0.2) is 9.78 Å². The van der Waals surface area contributed by atoms with Gasteiger partial charge < -0.3 is 15.7 Å². The van der Waals surface area contributed by atoms with Crippen LogP contribution in [0.4, 0.5) is 0 Å². The number of aliphatic carboxylic acids is 1. The Kier molecular flexibility index (Phi) is 3.39. The Bertz CT molecular complexity index is 446. The summed E-state index contributed by atoms with van der Waals surface area (Å²) in [4.78, 5) is 28.5. The lowest BCUT2D eigenvalue weighted by Gasteiger charge is -2.20. The first-order valence-corrected chi connectivity index (χ1v) is 6.19. The van der Waals surface area contributed by atoms with Gasteiger partial charge in [-0.2, -0.15) is 0 Å². The third kappa shape index (κ3) is 2.29. The molecule has 1 aromatic rings. The van der Waals surface area contributed by atoms with Crippen molar-refractivity contribution in [3.05, 3.63) is 16.1 Å². The van der Waals surface area contributed by atoms with Crippen LogP contribution >= 0.6 is 11.3 Å². The first kappa shape index (κ1) is 12.0. The number of carboxylic acid groups (broad SMARTS) is 1. The molecule has 1 saturated heterocycles. The van der Waals surface area contributed by atoms with E-state index in [4.69, 9.17) is 10.8 Å². The smallest absolute Gasteiger partial charge is 0.326 e. The van der Waals surface area contributed by atoms with E-state index in [9.17, 15) is 9.59 Å². The molecule has 0 aromatic carbocycles. The van der Waals surface area contributed by atoms with Crippen LogP contribution in [0.25, 0.3) is 0 Å². The number of nitrogens with two attached hydrogens (primary N) is 1. The van der Waals surface area contributed by atoms with E-state index in [2.05, 4.69) is 4.98 Å². The Morgan fingerprint density at radius 3 is 3.00 bits per heavy atom. The van der Waals surface area contributed by atoms with Crippen molar-refractivity contribution in [1.29, 1.82) is 0 Å². The summed E-state index contributed by atoms with van der Waals surface area (Å²) in [7, 11) is 0. The summed E-state index contributed by atoms with van der Waals surface area (Å²) in [6, 6.07) is -0.717. The minimum Gasteiger partial charge on any atom is -0.480 e. The summed E-state index contributed by atoms with van der Waals surface area (Å²) in [6.45, 7) is 0.769. The molecule has 1 amide bonds. The zero-order valence-electron chi connectivity index (χ0n) is 9.13. The van der Waals surface area contributed by atoms with Crippen LogP contribution in [-0.4, -0.2) is 39.5 Å². The number of hydrogen-bond acceptors (Lipinski definition) is 5. The SMILES string of the molecule is NCc1nc(C(=O)N2CCC[C@@H]2C(=O)O)cs1. The van der Waals surface area contributed by atoms with Crippen molar-refractivity contribution in [1.82, 2.24) is 9.88 Å². The van der Waals surface area contributed by atoms with Gasteiger partial charge in [0.2, 0.25) is 0 Å². The molecule has 0 unspecified atom stereocenters. The second-order valence-corrected chi connectivity index (χ2v) is 4.77. The number of amides is 1. The number of thiazole rings is 1. The van der Waals surface area contributed by atoms with Gasteiger partial charge in [0.05, 0.1) is 0 Å². The predicted molar refractivity (Wildman–Crippen MR) is 61.7 cm³/mol. The minimum absolute atomic E-state index is 0.292. The second-order valence-electron chi connectivity index (χ2n) is 3.83. The lowest BCUT2D eigenvalue weighted by Crippen LogP contribution is -2.40. The molecule has 3 N–H and O–H groups in total. The molecule has 1 aliphatic heterocycles. The van der Waals surface area contributed by atoms with Crippen LogP contribution in [0.15, 0.2) is 5.38 Å². The molecule has 0 spiro atoms. The van der Waals surface area contributed by atoms with Gasteiger partial charge in [0.15, 0.2) is 0 Å². The summed E-state index contributed by atoms with van der Waals surface area (Å²) in [6.07, 6.45) is 1.23. The number of aromatic nitrogens is 1. The van der Waals surface area contributed by atoms with E-state index in [1.54, 1.807) is 5.38 Å². The lowest BCUT2D eigenvalue weighted by molar-refractivity contribution is -0.141. The average Bonchev–Trinajstić information content (AvgIpc) is 2.97. The highest BCUT2D eigenvalue weighted by Crippen LogP contribution is 2.21. The van der Waals surface area contributed by atoms with Crippen LogP contribution in [0.5, 0.6) is 0 Å². The summed E-state index contributed by atoms with van der Waals surface area (Å²) in [5, 5.41) is 11.3. The predicted octanol–water partition coefficient (Wildman–Crippen LogP) is 0.291. The number of rotatable bonds is 3. The molecule has 7 heteroatoms. The molecule has 0 saturated carbocycles. The number of hydrogen-bond donors (Lipinski definition) is 2. The van der Waals surface area contributed by atoms with Crippen LogP contribution in [-0.2, 0) is 11.3 Å². The van der Waals surface area contributed by atoms with Gasteiger partial charge in [-0.15, -0.1) is 11.3 Å². The largest absolute Gasteiger partial charge is 0.480 e. The summed E-state index contributed by atoms with van der Waals surface area (Å²) in [5.74, 6) is -1.27. The van der Waals surface area contributed by atoms with E-state index in [1.165, 1.54) is 16.2 Å². The second kappa shape index (κ2) is 4.80. The molecule has 1 atom stereocenters. The molecule has 1 aliphatic rings. The molecule has 92 valence electrons. The van der Waals surface area contributed by atoms with Gasteiger partial charge in [-0.3, -0.25) is 4.79 Å². The normalized spacial score (nSPS) is 19.6. The van der Waals surface area contributed by atoms with E-state index in [0.717, 1.165) is 6.42 Å². The van der Waals surface area contributed by atoms with Crippen molar-refractivity contribution in [2.24, 2.45) is 5.73 Å². The summed E-state index contributed by atoms with van der Waals surface area (Å²) >= 11 is 1.32. The zero-order chi connectivity index (χ0) is 12.4. The van der Waals surface area contributed by atoms with Crippen molar-refractivity contribution in [3.8, 4) is 0 Å². The first-order chi connectivity index (χ1) is 8.13. The Morgan fingerprint density at radius 1 is 1.65 bits per heavy atom. The Balaban J connectivity index is 2.16. The minimum atomic E-state index is -0.954. The fraction of sp³-hybridized carbons (Fsp3) is 0.500. The molecule has 1 fully saturated rings. The highest BCUT2D eigenvalue weighted by Gasteiger charge is 2.35. The van der Waals surface area contributed by atoms with Gasteiger partial charge >= 0.3 is 5.97 Å². The molecule has 1 aromatic heterocycles. The summed E-state index contributed by atoms with van der Waals surface area (Å²) < 4.78 is 0. The van der Waals surface area contributed by atoms with Gasteiger partial charge in [0, 0.05) is 18.5 Å². The number of carbonyl (C=O) groups is 2. The zero-order valence-corrected chi connectivity index (χ0v) is 9.94.